The standard InChI is InChI=1S/C44H32S.C13H12/c1-2-3-16-32(35-23-14-24-39-38-22-9-12-27-42(38)45-43(35)39)29-28-31-15-13-19-34(30-31)44(33-17-5-4-6-18-33)40-25-10-7-20-36(40)37-21-8-11-26-41(37)44;1-11-7-9-13(10-8-11)12-5-3-2-4-6-12/h2-30H,1H3;2-10H,1H3/b3-2+,29-28-,32-16+;. The lowest BCUT2D eigenvalue weighted by Crippen LogP contribution is -2.28. The van der Waals surface area contributed by atoms with Gasteiger partial charge < -0.3 is 0 Å². The Balaban J connectivity index is 0.000000285. The average molecular weight is 761 g/mol. The first-order valence-corrected chi connectivity index (χ1v) is 20.9. The first-order chi connectivity index (χ1) is 28.6. The van der Waals surface area contributed by atoms with Crippen LogP contribution in [0, 0.1) is 6.92 Å². The van der Waals surface area contributed by atoms with Gasteiger partial charge in [-0.05, 0) is 81.1 Å². The summed E-state index contributed by atoms with van der Waals surface area (Å²) >= 11 is 1.88. The van der Waals surface area contributed by atoms with Crippen molar-refractivity contribution >= 4 is 43.2 Å². The van der Waals surface area contributed by atoms with Gasteiger partial charge in [0.1, 0.15) is 0 Å². The molecule has 0 unspecified atom stereocenters. The van der Waals surface area contributed by atoms with Gasteiger partial charge in [-0.2, -0.15) is 0 Å². The predicted molar refractivity (Wildman–Crippen MR) is 252 cm³/mol. The molecular formula is C57H44S. The third-order valence-electron chi connectivity index (χ3n) is 11.3. The van der Waals surface area contributed by atoms with E-state index in [1.54, 1.807) is 0 Å². The van der Waals surface area contributed by atoms with E-state index < -0.39 is 5.41 Å². The van der Waals surface area contributed by atoms with Crippen molar-refractivity contribution in [2.75, 3.05) is 0 Å². The minimum Gasteiger partial charge on any atom is -0.135 e. The Hall–Kier alpha value is -6.80. The van der Waals surface area contributed by atoms with Gasteiger partial charge in [-0.25, -0.2) is 0 Å². The maximum absolute atomic E-state index is 2.38. The molecular weight excluding hydrogens is 717 g/mol. The summed E-state index contributed by atoms with van der Waals surface area (Å²) in [7, 11) is 0. The van der Waals surface area contributed by atoms with Gasteiger partial charge in [0.15, 0.2) is 0 Å². The van der Waals surface area contributed by atoms with Crippen molar-refractivity contribution in [3.8, 4) is 22.3 Å². The van der Waals surface area contributed by atoms with Crippen LogP contribution in [0.15, 0.2) is 224 Å². The number of benzene rings is 8. The average Bonchev–Trinajstić information content (AvgIpc) is 3.82. The fourth-order valence-electron chi connectivity index (χ4n) is 8.56. The monoisotopic (exact) mass is 760 g/mol. The van der Waals surface area contributed by atoms with E-state index in [0.717, 1.165) is 0 Å². The minimum absolute atomic E-state index is 0.398. The Labute approximate surface area is 346 Å². The topological polar surface area (TPSA) is 0 Å². The molecule has 10 rings (SSSR count). The molecule has 0 N–H and O–H groups in total. The van der Waals surface area contributed by atoms with Gasteiger partial charge >= 0.3 is 0 Å². The zero-order chi connectivity index (χ0) is 39.3. The highest BCUT2D eigenvalue weighted by molar-refractivity contribution is 7.26. The molecule has 1 aromatic heterocycles. The highest BCUT2D eigenvalue weighted by atomic mass is 32.1. The van der Waals surface area contributed by atoms with Crippen LogP contribution < -0.4 is 0 Å². The van der Waals surface area contributed by atoms with Crippen LogP contribution in [0.3, 0.4) is 0 Å². The largest absolute Gasteiger partial charge is 0.135 e. The lowest BCUT2D eigenvalue weighted by molar-refractivity contribution is 0.768. The highest BCUT2D eigenvalue weighted by Crippen LogP contribution is 2.56. The zero-order valence-corrected chi connectivity index (χ0v) is 33.7. The molecule has 0 fully saturated rings. The van der Waals surface area contributed by atoms with Crippen LogP contribution in [0.5, 0.6) is 0 Å². The molecule has 1 aliphatic carbocycles. The molecule has 8 aromatic carbocycles. The van der Waals surface area contributed by atoms with Crippen LogP contribution >= 0.6 is 11.3 Å². The quantitative estimate of drug-likeness (QED) is 0.142. The second kappa shape index (κ2) is 16.4. The molecule has 0 aliphatic heterocycles. The highest BCUT2D eigenvalue weighted by Gasteiger charge is 2.45. The molecule has 0 radical (unpaired) electrons. The molecule has 0 atom stereocenters. The summed E-state index contributed by atoms with van der Waals surface area (Å²) in [5, 5.41) is 2.64. The Morgan fingerprint density at radius 2 is 1.10 bits per heavy atom. The third-order valence-corrected chi connectivity index (χ3v) is 12.5. The van der Waals surface area contributed by atoms with Crippen molar-refractivity contribution in [1.29, 1.82) is 0 Å². The van der Waals surface area contributed by atoms with E-state index in [9.17, 15) is 0 Å². The second-order valence-electron chi connectivity index (χ2n) is 14.8. The number of aryl methyl sites for hydroxylation is 1. The van der Waals surface area contributed by atoms with E-state index in [-0.39, 0.29) is 0 Å². The number of rotatable bonds is 7. The fourth-order valence-corrected chi connectivity index (χ4v) is 9.80. The first kappa shape index (κ1) is 36.8. The normalized spacial score (nSPS) is 13.1. The molecule has 1 heterocycles. The first-order valence-electron chi connectivity index (χ1n) is 20.0. The van der Waals surface area contributed by atoms with Crippen LogP contribution in [0.25, 0.3) is 54.1 Å². The summed E-state index contributed by atoms with van der Waals surface area (Å²) in [5.41, 5.74) is 15.0. The summed E-state index contributed by atoms with van der Waals surface area (Å²) < 4.78 is 2.65. The van der Waals surface area contributed by atoms with Crippen molar-refractivity contribution < 1.29 is 0 Å². The van der Waals surface area contributed by atoms with Crippen molar-refractivity contribution in [2.45, 2.75) is 19.3 Å². The summed E-state index contributed by atoms with van der Waals surface area (Å²) in [6.45, 7) is 4.18. The van der Waals surface area contributed by atoms with Gasteiger partial charge in [-0.1, -0.05) is 230 Å². The Bertz CT molecular complexity index is 2890. The number of allylic oxidation sites excluding steroid dienone is 5. The van der Waals surface area contributed by atoms with Gasteiger partial charge in [0.05, 0.1) is 5.41 Å². The van der Waals surface area contributed by atoms with Crippen LogP contribution in [-0.2, 0) is 5.41 Å². The Kier molecular flexibility index (Phi) is 10.4. The maximum atomic E-state index is 2.38. The van der Waals surface area contributed by atoms with E-state index in [2.05, 4.69) is 238 Å². The summed E-state index contributed by atoms with van der Waals surface area (Å²) in [5.74, 6) is 0. The lowest BCUT2D eigenvalue weighted by atomic mass is 9.67. The van der Waals surface area contributed by atoms with E-state index >= 15 is 0 Å². The van der Waals surface area contributed by atoms with Crippen LogP contribution in [0.1, 0.15) is 45.9 Å². The van der Waals surface area contributed by atoms with Gasteiger partial charge in [-0.15, -0.1) is 11.3 Å². The van der Waals surface area contributed by atoms with Crippen LogP contribution in [0.2, 0.25) is 0 Å². The summed E-state index contributed by atoms with van der Waals surface area (Å²) in [6.07, 6.45) is 11.0. The molecule has 0 nitrogen and oxygen atoms in total. The predicted octanol–water partition coefficient (Wildman–Crippen LogP) is 15.8. The fraction of sp³-hybridized carbons (Fsp3) is 0.0526. The maximum Gasteiger partial charge on any atom is 0.0713 e. The second-order valence-corrected chi connectivity index (χ2v) is 15.9. The van der Waals surface area contributed by atoms with E-state index in [0.29, 0.717) is 0 Å². The van der Waals surface area contributed by atoms with Crippen LogP contribution in [-0.4, -0.2) is 0 Å². The van der Waals surface area contributed by atoms with Gasteiger partial charge in [0.25, 0.3) is 0 Å². The molecule has 278 valence electrons. The molecule has 1 aliphatic rings. The molecule has 9 aromatic rings. The molecule has 0 spiro atoms. The molecule has 0 saturated carbocycles. The number of thiophene rings is 1. The Morgan fingerprint density at radius 1 is 0.517 bits per heavy atom. The van der Waals surface area contributed by atoms with Crippen LogP contribution in [0.4, 0.5) is 0 Å². The Morgan fingerprint density at radius 3 is 1.83 bits per heavy atom. The van der Waals surface area contributed by atoms with Crippen molar-refractivity contribution in [2.24, 2.45) is 0 Å². The smallest absolute Gasteiger partial charge is 0.0713 e. The number of hydrogen-bond acceptors (Lipinski definition) is 1. The number of fused-ring (bicyclic) bond motifs is 6. The van der Waals surface area contributed by atoms with Crippen molar-refractivity contribution in [3.05, 3.63) is 263 Å². The summed E-state index contributed by atoms with van der Waals surface area (Å²) in [4.78, 5) is 0. The molecule has 0 bridgehead atoms. The zero-order valence-electron chi connectivity index (χ0n) is 32.8. The SMILES string of the molecule is C/C=C/C=C(\C=C/c1cccc(C2(c3ccccc3)c3ccccc3-c3ccccc32)c1)c1cccc2c1sc1ccccc12.Cc1ccc(-c2ccccc2)cc1. The summed E-state index contributed by atoms with van der Waals surface area (Å²) in [6, 6.07) is 72.4. The minimum atomic E-state index is -0.398. The van der Waals surface area contributed by atoms with Crippen molar-refractivity contribution in [3.63, 3.8) is 0 Å². The third kappa shape index (κ3) is 6.85. The van der Waals surface area contributed by atoms with Gasteiger partial charge in [0.2, 0.25) is 0 Å². The van der Waals surface area contributed by atoms with Gasteiger partial charge in [-0.3, -0.25) is 0 Å². The molecule has 1 heteroatoms. The number of hydrogen-bond donors (Lipinski definition) is 0. The van der Waals surface area contributed by atoms with Crippen molar-refractivity contribution in [1.82, 2.24) is 0 Å². The molecule has 0 amide bonds. The molecule has 58 heavy (non-hydrogen) atoms. The van der Waals surface area contributed by atoms with Gasteiger partial charge in [0, 0.05) is 20.2 Å². The van der Waals surface area contributed by atoms with E-state index in [4.69, 9.17) is 0 Å². The molecule has 0 saturated heterocycles. The lowest BCUT2D eigenvalue weighted by Gasteiger charge is -2.34. The van der Waals surface area contributed by atoms with E-state index in [1.165, 1.54) is 86.9 Å². The van der Waals surface area contributed by atoms with E-state index in [1.807, 2.05) is 17.4 Å².